The van der Waals surface area contributed by atoms with Gasteiger partial charge in [-0.05, 0) is 57.3 Å². The van der Waals surface area contributed by atoms with Gasteiger partial charge in [-0.1, -0.05) is 25.1 Å². The molecule has 0 N–H and O–H groups in total. The molecular weight excluding hydrogens is 291 g/mol. The number of carbonyl (C=O) groups is 1. The molecule has 1 aliphatic rings. The Bertz CT molecular complexity index is 586. The van der Waals surface area contributed by atoms with E-state index >= 15 is 0 Å². The Labute approximate surface area is 139 Å². The lowest BCUT2D eigenvalue weighted by atomic mass is 9.75. The van der Waals surface area contributed by atoms with Crippen molar-refractivity contribution in [2.75, 3.05) is 7.11 Å². The summed E-state index contributed by atoms with van der Waals surface area (Å²) in [6.45, 7) is 10.3. The molecule has 0 atom stereocenters. The molecule has 0 saturated carbocycles. The van der Waals surface area contributed by atoms with E-state index in [2.05, 4.69) is 13.0 Å². The van der Waals surface area contributed by atoms with E-state index in [1.54, 1.807) is 12.1 Å². The van der Waals surface area contributed by atoms with Gasteiger partial charge in [-0.2, -0.15) is 0 Å². The topological polar surface area (TPSA) is 44.8 Å². The molecule has 1 aliphatic heterocycles. The minimum absolute atomic E-state index is 0.331. The number of carbonyl (C=O) groups excluding carboxylic acids is 1. The molecule has 5 heteroatoms. The van der Waals surface area contributed by atoms with Crippen molar-refractivity contribution in [3.8, 4) is 0 Å². The first kappa shape index (κ1) is 17.8. The van der Waals surface area contributed by atoms with Crippen LogP contribution in [-0.4, -0.2) is 31.4 Å². The number of benzene rings is 1. The van der Waals surface area contributed by atoms with Crippen LogP contribution in [0.25, 0.3) is 6.08 Å². The van der Waals surface area contributed by atoms with Crippen LogP contribution in [0.4, 0.5) is 0 Å². The minimum atomic E-state index is -0.347. The van der Waals surface area contributed by atoms with Gasteiger partial charge in [0.15, 0.2) is 0 Å². The van der Waals surface area contributed by atoms with Gasteiger partial charge in [0.1, 0.15) is 0 Å². The van der Waals surface area contributed by atoms with Gasteiger partial charge in [0.2, 0.25) is 0 Å². The average Bonchev–Trinajstić information content (AvgIpc) is 2.72. The maximum Gasteiger partial charge on any atom is 0.490 e. The summed E-state index contributed by atoms with van der Waals surface area (Å²) < 4.78 is 16.9. The Morgan fingerprint density at radius 2 is 1.65 bits per heavy atom. The number of hydrogen-bond acceptors (Lipinski definition) is 4. The second kappa shape index (κ2) is 6.50. The van der Waals surface area contributed by atoms with E-state index in [0.717, 1.165) is 17.5 Å². The van der Waals surface area contributed by atoms with Crippen LogP contribution in [0.5, 0.6) is 0 Å². The lowest BCUT2D eigenvalue weighted by molar-refractivity contribution is 0.00578. The molecule has 0 aromatic heterocycles. The van der Waals surface area contributed by atoms with Gasteiger partial charge in [0.25, 0.3) is 0 Å². The molecule has 1 fully saturated rings. The average molecular weight is 316 g/mol. The highest BCUT2D eigenvalue weighted by atomic mass is 16.7. The number of esters is 1. The first-order valence-corrected chi connectivity index (χ1v) is 7.94. The van der Waals surface area contributed by atoms with Crippen molar-refractivity contribution in [1.82, 2.24) is 0 Å². The van der Waals surface area contributed by atoms with E-state index in [1.165, 1.54) is 7.11 Å². The molecule has 0 radical (unpaired) electrons. The monoisotopic (exact) mass is 316 g/mol. The predicted molar refractivity (Wildman–Crippen MR) is 92.1 cm³/mol. The normalized spacial score (nSPS) is 19.7. The molecule has 4 nitrogen and oxygen atoms in total. The molecule has 1 aromatic rings. The molecule has 1 saturated heterocycles. The molecule has 0 spiro atoms. The van der Waals surface area contributed by atoms with Crippen LogP contribution >= 0.6 is 0 Å². The van der Waals surface area contributed by atoms with Gasteiger partial charge in [0.05, 0.1) is 23.9 Å². The number of rotatable bonds is 4. The second-order valence-electron chi connectivity index (χ2n) is 6.77. The molecule has 0 amide bonds. The van der Waals surface area contributed by atoms with E-state index in [4.69, 9.17) is 14.0 Å². The molecular formula is C18H25BO4. The van der Waals surface area contributed by atoms with Gasteiger partial charge in [-0.3, -0.25) is 0 Å². The Morgan fingerprint density at radius 3 is 2.09 bits per heavy atom. The third-order valence-electron chi connectivity index (χ3n) is 4.65. The number of allylic oxidation sites excluding steroid dienone is 1. The van der Waals surface area contributed by atoms with Crippen LogP contribution < -0.4 is 0 Å². The smallest absolute Gasteiger partial charge is 0.465 e. The van der Waals surface area contributed by atoms with Gasteiger partial charge in [0, 0.05) is 0 Å². The van der Waals surface area contributed by atoms with Crippen molar-refractivity contribution >= 4 is 19.2 Å². The van der Waals surface area contributed by atoms with Crippen LogP contribution in [0.1, 0.15) is 57.0 Å². The third-order valence-corrected chi connectivity index (χ3v) is 4.65. The number of methoxy groups -OCH3 is 1. The molecule has 2 rings (SSSR count). The van der Waals surface area contributed by atoms with Gasteiger partial charge < -0.3 is 14.0 Å². The summed E-state index contributed by atoms with van der Waals surface area (Å²) in [6, 6.07) is 7.31. The predicted octanol–water partition coefficient (Wildman–Crippen LogP) is 3.90. The zero-order valence-electron chi connectivity index (χ0n) is 14.8. The summed E-state index contributed by atoms with van der Waals surface area (Å²) >= 11 is 0. The highest BCUT2D eigenvalue weighted by Crippen LogP contribution is 2.39. The van der Waals surface area contributed by atoms with E-state index in [9.17, 15) is 4.79 Å². The van der Waals surface area contributed by atoms with E-state index in [0.29, 0.717) is 5.56 Å². The fourth-order valence-electron chi connectivity index (χ4n) is 2.38. The van der Waals surface area contributed by atoms with Gasteiger partial charge in [-0.15, -0.1) is 0 Å². The molecule has 0 bridgehead atoms. The SMILES string of the molecule is CC/C(=C\c1ccc(C(=O)OC)cc1)B1OC(C)(C)C(C)(C)O1. The van der Waals surface area contributed by atoms with Gasteiger partial charge in [-0.25, -0.2) is 4.79 Å². The van der Waals surface area contributed by atoms with Crippen molar-refractivity contribution < 1.29 is 18.8 Å². The van der Waals surface area contributed by atoms with Crippen molar-refractivity contribution in [3.05, 3.63) is 40.9 Å². The summed E-state index contributed by atoms with van der Waals surface area (Å²) in [5.41, 5.74) is 1.93. The molecule has 124 valence electrons. The summed E-state index contributed by atoms with van der Waals surface area (Å²) in [6.07, 6.45) is 2.89. The standard InChI is InChI=1S/C18H25BO4/c1-7-15(19-22-17(2,3)18(4,5)23-19)12-13-8-10-14(11-9-13)16(20)21-6/h8-12H,7H2,1-6H3/b15-12+. The highest BCUT2D eigenvalue weighted by molar-refractivity contribution is 6.55. The highest BCUT2D eigenvalue weighted by Gasteiger charge is 2.51. The fraction of sp³-hybridized carbons (Fsp3) is 0.500. The summed E-state index contributed by atoms with van der Waals surface area (Å²) in [5, 5.41) is 0. The van der Waals surface area contributed by atoms with Crippen molar-refractivity contribution in [2.45, 2.75) is 52.2 Å². The third kappa shape index (κ3) is 3.67. The van der Waals surface area contributed by atoms with E-state index < -0.39 is 0 Å². The first-order chi connectivity index (χ1) is 10.7. The van der Waals surface area contributed by atoms with E-state index in [-0.39, 0.29) is 24.3 Å². The van der Waals surface area contributed by atoms with E-state index in [1.807, 2.05) is 39.8 Å². The number of ether oxygens (including phenoxy) is 1. The lowest BCUT2D eigenvalue weighted by Crippen LogP contribution is -2.41. The molecule has 1 aromatic carbocycles. The van der Waals surface area contributed by atoms with Crippen LogP contribution in [0.15, 0.2) is 29.7 Å². The Kier molecular flexibility index (Phi) is 5.02. The van der Waals surface area contributed by atoms with Crippen molar-refractivity contribution in [1.29, 1.82) is 0 Å². The van der Waals surface area contributed by atoms with Gasteiger partial charge >= 0.3 is 13.1 Å². The van der Waals surface area contributed by atoms with Crippen LogP contribution in [0.2, 0.25) is 0 Å². The zero-order chi connectivity index (χ0) is 17.3. The van der Waals surface area contributed by atoms with Crippen molar-refractivity contribution in [3.63, 3.8) is 0 Å². The molecule has 0 unspecified atom stereocenters. The molecule has 23 heavy (non-hydrogen) atoms. The van der Waals surface area contributed by atoms with Crippen LogP contribution in [0, 0.1) is 0 Å². The Hall–Kier alpha value is -1.59. The Balaban J connectivity index is 2.21. The maximum atomic E-state index is 11.5. The minimum Gasteiger partial charge on any atom is -0.465 e. The largest absolute Gasteiger partial charge is 0.490 e. The molecule has 0 aliphatic carbocycles. The summed E-state index contributed by atoms with van der Waals surface area (Å²) in [5.74, 6) is -0.331. The van der Waals surface area contributed by atoms with Crippen LogP contribution in [-0.2, 0) is 14.0 Å². The summed E-state index contributed by atoms with van der Waals surface area (Å²) in [4.78, 5) is 11.5. The molecule has 1 heterocycles. The first-order valence-electron chi connectivity index (χ1n) is 7.94. The quantitative estimate of drug-likeness (QED) is 0.624. The fourth-order valence-corrected chi connectivity index (χ4v) is 2.38. The lowest BCUT2D eigenvalue weighted by Gasteiger charge is -2.32. The van der Waals surface area contributed by atoms with Crippen molar-refractivity contribution in [2.24, 2.45) is 0 Å². The second-order valence-corrected chi connectivity index (χ2v) is 6.77. The maximum absolute atomic E-state index is 11.5. The Morgan fingerprint density at radius 1 is 1.13 bits per heavy atom. The van der Waals surface area contributed by atoms with Crippen LogP contribution in [0.3, 0.4) is 0 Å². The number of hydrogen-bond donors (Lipinski definition) is 0. The zero-order valence-corrected chi connectivity index (χ0v) is 14.8. The summed E-state index contributed by atoms with van der Waals surface area (Å²) in [7, 11) is 1.04.